The number of hydrogen-bond donors (Lipinski definition) is 2. The van der Waals surface area contributed by atoms with Crippen LogP contribution in [0.25, 0.3) is 0 Å². The van der Waals surface area contributed by atoms with Gasteiger partial charge < -0.3 is 15.4 Å². The molecule has 1 aliphatic carbocycles. The van der Waals surface area contributed by atoms with Gasteiger partial charge in [0.15, 0.2) is 0 Å². The van der Waals surface area contributed by atoms with Gasteiger partial charge in [0, 0.05) is 35.4 Å². The molecule has 1 aromatic carbocycles. The third kappa shape index (κ3) is 5.68. The van der Waals surface area contributed by atoms with E-state index in [0.29, 0.717) is 13.0 Å². The van der Waals surface area contributed by atoms with E-state index in [4.69, 9.17) is 4.74 Å². The molecular formula is C19H28BrClN2O2. The number of carbonyl (C=O) groups excluding carboxylic acids is 1. The first-order chi connectivity index (χ1) is 11.7. The second-order valence-corrected chi connectivity index (χ2v) is 7.97. The zero-order valence-electron chi connectivity index (χ0n) is 14.6. The summed E-state index contributed by atoms with van der Waals surface area (Å²) >= 11 is 3.52. The maximum Gasteiger partial charge on any atom is 0.221 e. The first kappa shape index (κ1) is 20.7. The molecule has 4 nitrogen and oxygen atoms in total. The Morgan fingerprint density at radius 1 is 1.24 bits per heavy atom. The van der Waals surface area contributed by atoms with E-state index >= 15 is 0 Å². The van der Waals surface area contributed by atoms with Gasteiger partial charge >= 0.3 is 0 Å². The van der Waals surface area contributed by atoms with E-state index in [1.54, 1.807) is 0 Å². The minimum absolute atomic E-state index is 0. The molecule has 6 heteroatoms. The maximum atomic E-state index is 12.4. The molecule has 1 amide bonds. The van der Waals surface area contributed by atoms with Crippen LogP contribution in [0, 0.1) is 0 Å². The highest BCUT2D eigenvalue weighted by Gasteiger charge is 2.34. The van der Waals surface area contributed by atoms with Crippen LogP contribution >= 0.6 is 28.3 Å². The Morgan fingerprint density at radius 2 is 1.96 bits per heavy atom. The minimum atomic E-state index is 0. The second-order valence-electron chi connectivity index (χ2n) is 7.05. The van der Waals surface area contributed by atoms with Gasteiger partial charge in [-0.15, -0.1) is 12.4 Å². The lowest BCUT2D eigenvalue weighted by Crippen LogP contribution is -2.47. The summed E-state index contributed by atoms with van der Waals surface area (Å²) in [4.78, 5) is 12.4. The topological polar surface area (TPSA) is 50.4 Å². The molecule has 2 N–H and O–H groups in total. The SMILES string of the molecule is Cl.O=C(CC1COCCN1)NCC1(c2ccc(Br)cc2)CCCCC1. The number of rotatable bonds is 5. The largest absolute Gasteiger partial charge is 0.378 e. The molecule has 1 saturated heterocycles. The highest BCUT2D eigenvalue weighted by molar-refractivity contribution is 9.10. The number of morpholine rings is 1. The van der Waals surface area contributed by atoms with Crippen LogP contribution in [0.1, 0.15) is 44.1 Å². The van der Waals surface area contributed by atoms with Crippen molar-refractivity contribution in [3.8, 4) is 0 Å². The fourth-order valence-corrected chi connectivity index (χ4v) is 4.18. The van der Waals surface area contributed by atoms with E-state index in [1.165, 1.54) is 24.8 Å². The number of benzene rings is 1. The molecular weight excluding hydrogens is 404 g/mol. The van der Waals surface area contributed by atoms with E-state index in [0.717, 1.165) is 37.0 Å². The van der Waals surface area contributed by atoms with Crippen molar-refractivity contribution in [3.05, 3.63) is 34.3 Å². The number of amides is 1. The lowest BCUT2D eigenvalue weighted by atomic mass is 9.69. The van der Waals surface area contributed by atoms with Crippen molar-refractivity contribution in [2.45, 2.75) is 50.0 Å². The molecule has 1 aromatic rings. The molecule has 1 aliphatic heterocycles. The van der Waals surface area contributed by atoms with E-state index in [9.17, 15) is 4.79 Å². The summed E-state index contributed by atoms with van der Waals surface area (Å²) in [5.74, 6) is 0.125. The molecule has 3 rings (SSSR count). The molecule has 0 spiro atoms. The Balaban J connectivity index is 0.00000225. The summed E-state index contributed by atoms with van der Waals surface area (Å²) in [6.07, 6.45) is 6.58. The molecule has 140 valence electrons. The predicted molar refractivity (Wildman–Crippen MR) is 106 cm³/mol. The molecule has 0 bridgehead atoms. The van der Waals surface area contributed by atoms with Gasteiger partial charge in [0.2, 0.25) is 5.91 Å². The fraction of sp³-hybridized carbons (Fsp3) is 0.632. The Kier molecular flexibility index (Phi) is 8.20. The summed E-state index contributed by atoms with van der Waals surface area (Å²) in [6, 6.07) is 8.78. The van der Waals surface area contributed by atoms with Gasteiger partial charge in [0.1, 0.15) is 0 Å². The number of nitrogens with one attached hydrogen (secondary N) is 2. The van der Waals surface area contributed by atoms with Gasteiger partial charge in [-0.2, -0.15) is 0 Å². The van der Waals surface area contributed by atoms with Gasteiger partial charge in [0.05, 0.1) is 13.2 Å². The van der Waals surface area contributed by atoms with Gasteiger partial charge in [-0.3, -0.25) is 4.79 Å². The van der Waals surface area contributed by atoms with E-state index in [1.807, 2.05) is 0 Å². The van der Waals surface area contributed by atoms with Gasteiger partial charge in [-0.25, -0.2) is 0 Å². The van der Waals surface area contributed by atoms with Crippen molar-refractivity contribution < 1.29 is 9.53 Å². The van der Waals surface area contributed by atoms with Crippen LogP contribution in [0.4, 0.5) is 0 Å². The lowest BCUT2D eigenvalue weighted by Gasteiger charge is -2.38. The minimum Gasteiger partial charge on any atom is -0.378 e. The van der Waals surface area contributed by atoms with E-state index in [-0.39, 0.29) is 29.8 Å². The van der Waals surface area contributed by atoms with Crippen molar-refractivity contribution in [2.75, 3.05) is 26.3 Å². The highest BCUT2D eigenvalue weighted by atomic mass is 79.9. The molecule has 25 heavy (non-hydrogen) atoms. The smallest absolute Gasteiger partial charge is 0.221 e. The van der Waals surface area contributed by atoms with Crippen LogP contribution in [0.5, 0.6) is 0 Å². The first-order valence-corrected chi connectivity index (χ1v) is 9.81. The van der Waals surface area contributed by atoms with E-state index in [2.05, 4.69) is 50.8 Å². The van der Waals surface area contributed by atoms with Crippen molar-refractivity contribution in [2.24, 2.45) is 0 Å². The normalized spacial score (nSPS) is 22.7. The molecule has 1 unspecified atom stereocenters. The molecule has 2 aliphatic rings. The fourth-order valence-electron chi connectivity index (χ4n) is 3.91. The average Bonchev–Trinajstić information content (AvgIpc) is 2.62. The van der Waals surface area contributed by atoms with Crippen LogP contribution in [-0.2, 0) is 14.9 Å². The number of ether oxygens (including phenoxy) is 1. The molecule has 2 fully saturated rings. The Hall–Kier alpha value is -0.620. The molecule has 1 heterocycles. The average molecular weight is 432 g/mol. The number of carbonyl (C=O) groups is 1. The Morgan fingerprint density at radius 3 is 2.60 bits per heavy atom. The standard InChI is InChI=1S/C19H27BrN2O2.ClH/c20-16-6-4-15(5-7-16)19(8-2-1-3-9-19)14-22-18(23)12-17-13-24-11-10-21-17;/h4-7,17,21H,1-3,8-14H2,(H,22,23);1H. The summed E-state index contributed by atoms with van der Waals surface area (Å²) in [5.41, 5.74) is 1.44. The number of halogens is 2. The quantitative estimate of drug-likeness (QED) is 0.749. The van der Waals surface area contributed by atoms with Crippen molar-refractivity contribution in [3.63, 3.8) is 0 Å². The van der Waals surface area contributed by atoms with Gasteiger partial charge in [-0.1, -0.05) is 47.3 Å². The van der Waals surface area contributed by atoms with Crippen LogP contribution in [-0.4, -0.2) is 38.3 Å². The van der Waals surface area contributed by atoms with Crippen LogP contribution in [0.3, 0.4) is 0 Å². The molecule has 1 saturated carbocycles. The van der Waals surface area contributed by atoms with Crippen molar-refractivity contribution in [1.29, 1.82) is 0 Å². The zero-order chi connectivity index (χ0) is 16.8. The van der Waals surface area contributed by atoms with Crippen LogP contribution in [0.2, 0.25) is 0 Å². The highest BCUT2D eigenvalue weighted by Crippen LogP contribution is 2.39. The van der Waals surface area contributed by atoms with Crippen molar-refractivity contribution >= 4 is 34.2 Å². The molecule has 1 atom stereocenters. The van der Waals surface area contributed by atoms with Gasteiger partial charge in [0.25, 0.3) is 0 Å². The summed E-state index contributed by atoms with van der Waals surface area (Å²) in [5, 5.41) is 6.55. The summed E-state index contributed by atoms with van der Waals surface area (Å²) in [6.45, 7) is 2.94. The lowest BCUT2D eigenvalue weighted by molar-refractivity contribution is -0.122. The Bertz CT molecular complexity index is 541. The van der Waals surface area contributed by atoms with Crippen LogP contribution in [0.15, 0.2) is 28.7 Å². The predicted octanol–water partition coefficient (Wildman–Crippen LogP) is 3.57. The molecule has 0 aromatic heterocycles. The third-order valence-electron chi connectivity index (χ3n) is 5.32. The third-order valence-corrected chi connectivity index (χ3v) is 5.85. The number of hydrogen-bond acceptors (Lipinski definition) is 3. The molecule has 0 radical (unpaired) electrons. The maximum absolute atomic E-state index is 12.4. The van der Waals surface area contributed by atoms with E-state index < -0.39 is 0 Å². The van der Waals surface area contributed by atoms with Crippen molar-refractivity contribution in [1.82, 2.24) is 10.6 Å². The van der Waals surface area contributed by atoms with Crippen LogP contribution < -0.4 is 10.6 Å². The first-order valence-electron chi connectivity index (χ1n) is 9.02. The summed E-state index contributed by atoms with van der Waals surface area (Å²) in [7, 11) is 0. The zero-order valence-corrected chi connectivity index (χ0v) is 17.0. The Labute approximate surface area is 165 Å². The second kappa shape index (κ2) is 9.91. The summed E-state index contributed by atoms with van der Waals surface area (Å²) < 4.78 is 6.53. The van der Waals surface area contributed by atoms with Gasteiger partial charge in [-0.05, 0) is 30.5 Å². The monoisotopic (exact) mass is 430 g/mol.